The van der Waals surface area contributed by atoms with E-state index in [1.807, 2.05) is 4.90 Å². The van der Waals surface area contributed by atoms with Crippen LogP contribution < -0.4 is 0 Å². The van der Waals surface area contributed by atoms with Crippen LogP contribution in [0.15, 0.2) is 0 Å². The first-order valence-electron chi connectivity index (χ1n) is 9.89. The first-order chi connectivity index (χ1) is 11.6. The van der Waals surface area contributed by atoms with Crippen LogP contribution in [0.5, 0.6) is 0 Å². The summed E-state index contributed by atoms with van der Waals surface area (Å²) < 4.78 is 5.51. The molecule has 5 heteroatoms. The maximum absolute atomic E-state index is 12.5. The Morgan fingerprint density at radius 1 is 1.25 bits per heavy atom. The van der Waals surface area contributed by atoms with Crippen molar-refractivity contribution in [2.24, 2.45) is 11.3 Å². The highest BCUT2D eigenvalue weighted by Gasteiger charge is 2.46. The number of aliphatic hydroxyl groups is 1. The van der Waals surface area contributed by atoms with E-state index in [-0.39, 0.29) is 24.0 Å². The molecule has 1 amide bonds. The minimum Gasteiger partial charge on any atom is -0.392 e. The molecule has 0 bridgehead atoms. The molecule has 0 aromatic carbocycles. The predicted octanol–water partition coefficient (Wildman–Crippen LogP) is 1.89. The molecule has 1 aliphatic carbocycles. The number of aliphatic hydroxyl groups excluding tert-OH is 1. The molecule has 2 aliphatic heterocycles. The molecule has 2 saturated heterocycles. The third-order valence-corrected chi connectivity index (χ3v) is 6.01. The number of carbonyl (C=O) groups is 1. The molecule has 2 heterocycles. The summed E-state index contributed by atoms with van der Waals surface area (Å²) in [6.07, 6.45) is 7.43. The molecule has 24 heavy (non-hydrogen) atoms. The zero-order valence-corrected chi connectivity index (χ0v) is 15.2. The summed E-state index contributed by atoms with van der Waals surface area (Å²) in [5, 5.41) is 10.7. The summed E-state index contributed by atoms with van der Waals surface area (Å²) in [5.74, 6) is 0.974. The highest BCUT2D eigenvalue weighted by atomic mass is 16.5. The fourth-order valence-electron chi connectivity index (χ4n) is 4.33. The number of amides is 1. The first-order valence-corrected chi connectivity index (χ1v) is 9.89. The fraction of sp³-hybridized carbons (Fsp3) is 0.947. The van der Waals surface area contributed by atoms with Gasteiger partial charge in [-0.3, -0.25) is 4.79 Å². The van der Waals surface area contributed by atoms with E-state index in [4.69, 9.17) is 4.74 Å². The van der Waals surface area contributed by atoms with Crippen molar-refractivity contribution in [3.8, 4) is 0 Å². The molecule has 1 spiro atoms. The quantitative estimate of drug-likeness (QED) is 0.720. The van der Waals surface area contributed by atoms with Gasteiger partial charge in [-0.1, -0.05) is 13.3 Å². The number of piperidine rings is 2. The molecule has 1 N–H and O–H groups in total. The van der Waals surface area contributed by atoms with Crippen molar-refractivity contribution in [1.82, 2.24) is 9.80 Å². The van der Waals surface area contributed by atoms with Crippen molar-refractivity contribution >= 4 is 5.91 Å². The second kappa shape index (κ2) is 8.15. The second-order valence-corrected chi connectivity index (χ2v) is 8.17. The topological polar surface area (TPSA) is 53.0 Å². The smallest absolute Gasteiger partial charge is 0.248 e. The minimum atomic E-state index is -0.274. The highest BCUT2D eigenvalue weighted by Crippen LogP contribution is 2.40. The van der Waals surface area contributed by atoms with Crippen LogP contribution in [0.25, 0.3) is 0 Å². The zero-order chi connectivity index (χ0) is 17.0. The van der Waals surface area contributed by atoms with Crippen LogP contribution in [0.3, 0.4) is 0 Å². The van der Waals surface area contributed by atoms with Gasteiger partial charge in [0.25, 0.3) is 0 Å². The van der Waals surface area contributed by atoms with Crippen molar-refractivity contribution in [3.63, 3.8) is 0 Å². The van der Waals surface area contributed by atoms with Crippen molar-refractivity contribution in [2.75, 3.05) is 45.9 Å². The fourth-order valence-corrected chi connectivity index (χ4v) is 4.33. The standard InChI is InChI=1S/C19H34N2O3/c1-2-3-11-24-13-18(23)21-9-4-8-19(15-21)14-20(10-7-17(19)22)12-16-5-6-16/h16-17,22H,2-15H2,1H3/t17-,19-/m1/s1. The van der Waals surface area contributed by atoms with Gasteiger partial charge in [0.2, 0.25) is 5.91 Å². The maximum Gasteiger partial charge on any atom is 0.248 e. The molecule has 3 rings (SSSR count). The third-order valence-electron chi connectivity index (χ3n) is 6.01. The molecule has 3 fully saturated rings. The number of hydrogen-bond acceptors (Lipinski definition) is 4. The molecule has 2 atom stereocenters. The molecule has 0 radical (unpaired) electrons. The molecule has 0 aromatic rings. The molecule has 138 valence electrons. The van der Waals surface area contributed by atoms with Crippen LogP contribution in [0, 0.1) is 11.3 Å². The number of unbranched alkanes of at least 4 members (excludes halogenated alkanes) is 1. The van der Waals surface area contributed by atoms with E-state index in [0.717, 1.165) is 57.7 Å². The Morgan fingerprint density at radius 2 is 2.08 bits per heavy atom. The van der Waals surface area contributed by atoms with E-state index in [0.29, 0.717) is 13.2 Å². The summed E-state index contributed by atoms with van der Waals surface area (Å²) >= 11 is 0. The van der Waals surface area contributed by atoms with E-state index in [9.17, 15) is 9.90 Å². The van der Waals surface area contributed by atoms with Gasteiger partial charge in [0.1, 0.15) is 6.61 Å². The van der Waals surface area contributed by atoms with Crippen LogP contribution in [0.2, 0.25) is 0 Å². The van der Waals surface area contributed by atoms with E-state index < -0.39 is 0 Å². The second-order valence-electron chi connectivity index (χ2n) is 8.17. The Morgan fingerprint density at radius 3 is 2.83 bits per heavy atom. The summed E-state index contributed by atoms with van der Waals surface area (Å²) in [5.41, 5.74) is -0.121. The van der Waals surface area contributed by atoms with Crippen molar-refractivity contribution in [2.45, 2.75) is 58.0 Å². The lowest BCUT2D eigenvalue weighted by atomic mass is 9.71. The Balaban J connectivity index is 1.54. The van der Waals surface area contributed by atoms with E-state index >= 15 is 0 Å². The molecule has 3 aliphatic rings. The predicted molar refractivity (Wildman–Crippen MR) is 93.8 cm³/mol. The zero-order valence-electron chi connectivity index (χ0n) is 15.2. The normalized spacial score (nSPS) is 31.6. The van der Waals surface area contributed by atoms with Crippen LogP contribution >= 0.6 is 0 Å². The Hall–Kier alpha value is -0.650. The van der Waals surface area contributed by atoms with Gasteiger partial charge < -0.3 is 19.6 Å². The molecule has 1 saturated carbocycles. The Kier molecular flexibility index (Phi) is 6.17. The number of rotatable bonds is 7. The van der Waals surface area contributed by atoms with E-state index in [1.54, 1.807) is 0 Å². The summed E-state index contributed by atoms with van der Waals surface area (Å²) in [7, 11) is 0. The van der Waals surface area contributed by atoms with Crippen LogP contribution in [0.4, 0.5) is 0 Å². The van der Waals surface area contributed by atoms with Crippen molar-refractivity contribution < 1.29 is 14.6 Å². The third kappa shape index (κ3) is 4.50. The van der Waals surface area contributed by atoms with Gasteiger partial charge >= 0.3 is 0 Å². The molecular weight excluding hydrogens is 304 g/mol. The van der Waals surface area contributed by atoms with Crippen LogP contribution in [-0.4, -0.2) is 72.9 Å². The SMILES string of the molecule is CCCCOCC(=O)N1CCC[C@@]2(CN(CC3CC3)CC[C@H]2O)C1. The number of likely N-dealkylation sites (tertiary alicyclic amines) is 2. The van der Waals surface area contributed by atoms with Gasteiger partial charge in [-0.05, 0) is 44.4 Å². The maximum atomic E-state index is 12.5. The van der Waals surface area contributed by atoms with Crippen molar-refractivity contribution in [3.05, 3.63) is 0 Å². The van der Waals surface area contributed by atoms with Gasteiger partial charge in [-0.25, -0.2) is 0 Å². The average molecular weight is 338 g/mol. The lowest BCUT2D eigenvalue weighted by Gasteiger charge is -2.51. The van der Waals surface area contributed by atoms with Gasteiger partial charge in [-0.2, -0.15) is 0 Å². The molecular formula is C19H34N2O3. The van der Waals surface area contributed by atoms with E-state index in [2.05, 4.69) is 11.8 Å². The summed E-state index contributed by atoms with van der Waals surface area (Å²) in [4.78, 5) is 17.0. The van der Waals surface area contributed by atoms with Crippen LogP contribution in [0.1, 0.15) is 51.9 Å². The molecule has 0 aromatic heterocycles. The number of nitrogens with zero attached hydrogens (tertiary/aromatic N) is 2. The van der Waals surface area contributed by atoms with Gasteiger partial charge in [-0.15, -0.1) is 0 Å². The Bertz CT molecular complexity index is 427. The summed E-state index contributed by atoms with van der Waals surface area (Å²) in [6.45, 7) is 7.63. The lowest BCUT2D eigenvalue weighted by Crippen LogP contribution is -2.60. The van der Waals surface area contributed by atoms with Gasteiger partial charge in [0.15, 0.2) is 0 Å². The number of carbonyl (C=O) groups excluding carboxylic acids is 1. The molecule has 5 nitrogen and oxygen atoms in total. The summed E-state index contributed by atoms with van der Waals surface area (Å²) in [6, 6.07) is 0. The molecule has 0 unspecified atom stereocenters. The number of ether oxygens (including phenoxy) is 1. The largest absolute Gasteiger partial charge is 0.392 e. The Labute approximate surface area is 146 Å². The van der Waals surface area contributed by atoms with Crippen LogP contribution in [-0.2, 0) is 9.53 Å². The van der Waals surface area contributed by atoms with Crippen molar-refractivity contribution in [1.29, 1.82) is 0 Å². The minimum absolute atomic E-state index is 0.0942. The average Bonchev–Trinajstić information content (AvgIpc) is 3.39. The van der Waals surface area contributed by atoms with Gasteiger partial charge in [0.05, 0.1) is 6.10 Å². The monoisotopic (exact) mass is 338 g/mol. The highest BCUT2D eigenvalue weighted by molar-refractivity contribution is 5.77. The lowest BCUT2D eigenvalue weighted by molar-refractivity contribution is -0.146. The van der Waals surface area contributed by atoms with Gasteiger partial charge in [0, 0.05) is 44.7 Å². The first kappa shape index (κ1) is 18.2. The van der Waals surface area contributed by atoms with E-state index in [1.165, 1.54) is 19.4 Å². The number of hydrogen-bond donors (Lipinski definition) is 1.